The molecule has 1 saturated heterocycles. The lowest BCUT2D eigenvalue weighted by atomic mass is 9.98. The van der Waals surface area contributed by atoms with Gasteiger partial charge in [0, 0.05) is 43.1 Å². The maximum absolute atomic E-state index is 4.57. The molecule has 2 rings (SSSR count). The third kappa shape index (κ3) is 5.27. The fourth-order valence-electron chi connectivity index (χ4n) is 2.74. The van der Waals surface area contributed by atoms with E-state index in [4.69, 9.17) is 0 Å². The molecule has 21 heavy (non-hydrogen) atoms. The van der Waals surface area contributed by atoms with Crippen LogP contribution >= 0.6 is 0 Å². The van der Waals surface area contributed by atoms with Gasteiger partial charge < -0.3 is 10.2 Å². The monoisotopic (exact) mass is 290 g/mol. The summed E-state index contributed by atoms with van der Waals surface area (Å²) in [4.78, 5) is 11.5. The van der Waals surface area contributed by atoms with Gasteiger partial charge in [-0.05, 0) is 46.0 Å². The van der Waals surface area contributed by atoms with Crippen LogP contribution in [-0.2, 0) is 6.54 Å². The first-order valence-electron chi connectivity index (χ1n) is 8.29. The molecule has 4 heteroatoms. The summed E-state index contributed by atoms with van der Waals surface area (Å²) in [5.74, 6) is 1.77. The third-order valence-corrected chi connectivity index (χ3v) is 4.22. The van der Waals surface area contributed by atoms with Gasteiger partial charge in [-0.25, -0.2) is 9.97 Å². The highest BCUT2D eigenvalue weighted by molar-refractivity contribution is 5.30. The maximum atomic E-state index is 4.57. The normalized spacial score (nSPS) is 20.4. The first-order valence-corrected chi connectivity index (χ1v) is 8.29. The molecular formula is C17H30N4. The smallest absolute Gasteiger partial charge is 0.225 e. The number of aromatic nitrogens is 2. The molecule has 118 valence electrons. The Bertz CT molecular complexity index is 421. The van der Waals surface area contributed by atoms with E-state index in [1.807, 2.05) is 12.4 Å². The number of nitrogens with zero attached hydrogens (tertiary/aromatic N) is 3. The van der Waals surface area contributed by atoms with Crippen molar-refractivity contribution in [1.82, 2.24) is 15.3 Å². The molecule has 4 nitrogen and oxygen atoms in total. The molecule has 1 atom stereocenters. The van der Waals surface area contributed by atoms with E-state index in [-0.39, 0.29) is 5.54 Å². The zero-order chi connectivity index (χ0) is 15.3. The van der Waals surface area contributed by atoms with Gasteiger partial charge in [0.25, 0.3) is 0 Å². The second kappa shape index (κ2) is 7.21. The van der Waals surface area contributed by atoms with Gasteiger partial charge in [0.1, 0.15) is 0 Å². The third-order valence-electron chi connectivity index (χ3n) is 4.22. The number of rotatable bonds is 4. The molecule has 1 aromatic heterocycles. The second-order valence-corrected chi connectivity index (χ2v) is 7.19. The first-order chi connectivity index (χ1) is 9.98. The zero-order valence-electron chi connectivity index (χ0n) is 14.0. The lowest BCUT2D eigenvalue weighted by molar-refractivity contribution is 0.423. The summed E-state index contributed by atoms with van der Waals surface area (Å²) >= 11 is 0. The summed E-state index contributed by atoms with van der Waals surface area (Å²) in [5.41, 5.74) is 1.27. The van der Waals surface area contributed by atoms with Crippen LogP contribution in [0, 0.1) is 5.92 Å². The molecule has 1 fully saturated rings. The molecule has 1 aliphatic heterocycles. The van der Waals surface area contributed by atoms with E-state index in [1.165, 1.54) is 25.7 Å². The zero-order valence-corrected chi connectivity index (χ0v) is 14.0. The standard InChI is InChI=1S/C17H30N4/c1-5-14-7-6-9-21(10-8-14)16-18-11-15(12-19-16)13-20-17(2,3)4/h11-12,14,20H,5-10,13H2,1-4H3. The molecular weight excluding hydrogens is 260 g/mol. The Kier molecular flexibility index (Phi) is 5.57. The van der Waals surface area contributed by atoms with Crippen molar-refractivity contribution < 1.29 is 0 Å². The van der Waals surface area contributed by atoms with Gasteiger partial charge in [0.05, 0.1) is 0 Å². The highest BCUT2D eigenvalue weighted by Gasteiger charge is 2.17. The van der Waals surface area contributed by atoms with Gasteiger partial charge in [0.2, 0.25) is 5.95 Å². The molecule has 0 spiro atoms. The summed E-state index contributed by atoms with van der Waals surface area (Å²) in [5, 5.41) is 3.47. The van der Waals surface area contributed by atoms with Gasteiger partial charge in [0.15, 0.2) is 0 Å². The molecule has 2 heterocycles. The maximum Gasteiger partial charge on any atom is 0.225 e. The largest absolute Gasteiger partial charge is 0.341 e. The van der Waals surface area contributed by atoms with Gasteiger partial charge in [-0.15, -0.1) is 0 Å². The number of anilines is 1. The molecule has 1 aliphatic rings. The van der Waals surface area contributed by atoms with Crippen LogP contribution in [0.4, 0.5) is 5.95 Å². The summed E-state index contributed by atoms with van der Waals surface area (Å²) in [6, 6.07) is 0. The summed E-state index contributed by atoms with van der Waals surface area (Å²) in [6.45, 7) is 11.8. The molecule has 1 unspecified atom stereocenters. The molecule has 0 amide bonds. The summed E-state index contributed by atoms with van der Waals surface area (Å²) < 4.78 is 0. The van der Waals surface area contributed by atoms with E-state index in [9.17, 15) is 0 Å². The fourth-order valence-corrected chi connectivity index (χ4v) is 2.74. The topological polar surface area (TPSA) is 41.1 Å². The lowest BCUT2D eigenvalue weighted by Gasteiger charge is -2.22. The summed E-state index contributed by atoms with van der Waals surface area (Å²) in [6.07, 6.45) is 9.10. The minimum absolute atomic E-state index is 0.124. The van der Waals surface area contributed by atoms with Crippen molar-refractivity contribution in [3.05, 3.63) is 18.0 Å². The van der Waals surface area contributed by atoms with Gasteiger partial charge in [-0.2, -0.15) is 0 Å². The van der Waals surface area contributed by atoms with Crippen LogP contribution in [0.15, 0.2) is 12.4 Å². The van der Waals surface area contributed by atoms with Crippen molar-refractivity contribution in [1.29, 1.82) is 0 Å². The predicted molar refractivity (Wildman–Crippen MR) is 88.5 cm³/mol. The lowest BCUT2D eigenvalue weighted by Crippen LogP contribution is -2.35. The Labute approximate surface area is 129 Å². The second-order valence-electron chi connectivity index (χ2n) is 7.19. The van der Waals surface area contributed by atoms with Gasteiger partial charge in [-0.3, -0.25) is 0 Å². The van der Waals surface area contributed by atoms with Crippen molar-refractivity contribution in [2.24, 2.45) is 5.92 Å². The Hall–Kier alpha value is -1.16. The van der Waals surface area contributed by atoms with Gasteiger partial charge >= 0.3 is 0 Å². The minimum Gasteiger partial charge on any atom is -0.341 e. The van der Waals surface area contributed by atoms with Crippen molar-refractivity contribution >= 4 is 5.95 Å². The molecule has 0 radical (unpaired) electrons. The Morgan fingerprint density at radius 2 is 1.90 bits per heavy atom. The van der Waals surface area contributed by atoms with E-state index in [0.717, 1.165) is 37.1 Å². The highest BCUT2D eigenvalue weighted by Crippen LogP contribution is 2.22. The van der Waals surface area contributed by atoms with Crippen molar-refractivity contribution in [2.75, 3.05) is 18.0 Å². The SMILES string of the molecule is CCC1CCCN(c2ncc(CNC(C)(C)C)cn2)CC1. The minimum atomic E-state index is 0.124. The molecule has 0 aliphatic carbocycles. The van der Waals surface area contributed by atoms with Crippen molar-refractivity contribution in [3.63, 3.8) is 0 Å². The van der Waals surface area contributed by atoms with E-state index in [0.29, 0.717) is 0 Å². The number of hydrogen-bond acceptors (Lipinski definition) is 4. The Morgan fingerprint density at radius 3 is 2.52 bits per heavy atom. The highest BCUT2D eigenvalue weighted by atomic mass is 15.2. The first kappa shape index (κ1) is 16.2. The van der Waals surface area contributed by atoms with E-state index < -0.39 is 0 Å². The van der Waals surface area contributed by atoms with Crippen LogP contribution in [-0.4, -0.2) is 28.6 Å². The molecule has 0 aromatic carbocycles. The summed E-state index contributed by atoms with van der Waals surface area (Å²) in [7, 11) is 0. The van der Waals surface area contributed by atoms with Crippen LogP contribution in [0.1, 0.15) is 58.9 Å². The molecule has 1 N–H and O–H groups in total. The Balaban J connectivity index is 1.92. The van der Waals surface area contributed by atoms with Gasteiger partial charge in [-0.1, -0.05) is 13.3 Å². The quantitative estimate of drug-likeness (QED) is 0.923. The van der Waals surface area contributed by atoms with Crippen molar-refractivity contribution in [2.45, 2.75) is 65.5 Å². The number of nitrogens with one attached hydrogen (secondary N) is 1. The van der Waals surface area contributed by atoms with E-state index in [2.05, 4.69) is 47.9 Å². The van der Waals surface area contributed by atoms with Crippen LogP contribution in [0.3, 0.4) is 0 Å². The van der Waals surface area contributed by atoms with E-state index >= 15 is 0 Å². The fraction of sp³-hybridized carbons (Fsp3) is 0.765. The van der Waals surface area contributed by atoms with Crippen LogP contribution in [0.25, 0.3) is 0 Å². The Morgan fingerprint density at radius 1 is 1.19 bits per heavy atom. The van der Waals surface area contributed by atoms with Crippen molar-refractivity contribution in [3.8, 4) is 0 Å². The average molecular weight is 290 g/mol. The molecule has 0 saturated carbocycles. The molecule has 1 aromatic rings. The van der Waals surface area contributed by atoms with Crippen LogP contribution < -0.4 is 10.2 Å². The van der Waals surface area contributed by atoms with Crippen LogP contribution in [0.2, 0.25) is 0 Å². The van der Waals surface area contributed by atoms with Crippen LogP contribution in [0.5, 0.6) is 0 Å². The predicted octanol–water partition coefficient (Wildman–Crippen LogP) is 3.38. The molecule has 0 bridgehead atoms. The van der Waals surface area contributed by atoms with E-state index in [1.54, 1.807) is 0 Å². The number of hydrogen-bond donors (Lipinski definition) is 1. The average Bonchev–Trinajstić information content (AvgIpc) is 2.70.